The molecule has 0 saturated carbocycles. The minimum atomic E-state index is -1.34. The van der Waals surface area contributed by atoms with Crippen LogP contribution in [0.1, 0.15) is 45.7 Å². The van der Waals surface area contributed by atoms with E-state index in [-0.39, 0.29) is 31.3 Å². The second-order valence-corrected chi connectivity index (χ2v) is 22.1. The van der Waals surface area contributed by atoms with Crippen LogP contribution in [0.2, 0.25) is 19.6 Å². The Labute approximate surface area is 328 Å². The number of benzene rings is 4. The van der Waals surface area contributed by atoms with E-state index >= 15 is 0 Å². The summed E-state index contributed by atoms with van der Waals surface area (Å²) < 4.78 is 15.7. The van der Waals surface area contributed by atoms with Gasteiger partial charge in [-0.05, 0) is 86.2 Å². The molecule has 4 aromatic carbocycles. The molecule has 6 heteroatoms. The molecule has 0 saturated heterocycles. The molecule has 0 N–H and O–H groups in total. The van der Waals surface area contributed by atoms with Gasteiger partial charge in [0, 0.05) is 37.2 Å². The van der Waals surface area contributed by atoms with Gasteiger partial charge in [-0.3, -0.25) is 0 Å². The molecular weight excluding hydrogens is 852 g/mol. The number of hydrogen-bond acceptors (Lipinski definition) is 3. The monoisotopic (exact) mass is 899 g/mol. The molecule has 3 aromatic heterocycles. The molecule has 0 aliphatic carbocycles. The third-order valence-corrected chi connectivity index (χ3v) is 12.1. The topological polar surface area (TPSA) is 25.8 Å². The fourth-order valence-corrected chi connectivity index (χ4v) is 9.40. The van der Waals surface area contributed by atoms with E-state index in [4.69, 9.17) is 0 Å². The predicted octanol–water partition coefficient (Wildman–Crippen LogP) is 12.6. The summed E-state index contributed by atoms with van der Waals surface area (Å²) in [7, 11) is -1.34. The number of thiophene rings is 1. The standard InChI is InChI=1S/C28H23FNS.C18H24NSi.Ir/c1-28(2,3)17-18-13-14-30-25(15-18)24-6-4-5-23-22-12-9-20(16-26(22)31-27(23)24)19-7-10-21(29)11-8-19;1-14(2)11-16-12-17(15-9-7-6-8-10-15)19-13-18(16)20(3,4)5;/h4-5,7-16H,17H2,1-3H3;6-9,12-14H,11H2,1-5H3;/q2*-1;. The predicted molar refractivity (Wildman–Crippen MR) is 220 cm³/mol. The van der Waals surface area contributed by atoms with Crippen LogP contribution in [0.25, 0.3) is 53.8 Å². The number of aromatic nitrogens is 2. The smallest absolute Gasteiger partial charge is 0.123 e. The van der Waals surface area contributed by atoms with Crippen LogP contribution in [-0.4, -0.2) is 18.0 Å². The average molecular weight is 899 g/mol. The van der Waals surface area contributed by atoms with Crippen LogP contribution in [0.4, 0.5) is 4.39 Å². The van der Waals surface area contributed by atoms with Gasteiger partial charge in [0.05, 0.1) is 8.07 Å². The van der Waals surface area contributed by atoms with Crippen molar-refractivity contribution < 1.29 is 24.5 Å². The Morgan fingerprint density at radius 3 is 2.21 bits per heavy atom. The van der Waals surface area contributed by atoms with Crippen LogP contribution in [0.3, 0.4) is 0 Å². The van der Waals surface area contributed by atoms with E-state index in [1.165, 1.54) is 48.6 Å². The largest absolute Gasteiger partial charge is 0.305 e. The van der Waals surface area contributed by atoms with Crippen molar-refractivity contribution in [3.63, 3.8) is 0 Å². The number of nitrogens with zero attached hydrogens (tertiary/aromatic N) is 2. The van der Waals surface area contributed by atoms with Gasteiger partial charge in [-0.1, -0.05) is 107 Å². The van der Waals surface area contributed by atoms with E-state index in [1.54, 1.807) is 11.3 Å². The molecule has 0 fully saturated rings. The zero-order valence-electron chi connectivity index (χ0n) is 31.4. The molecule has 0 aliphatic heterocycles. The van der Waals surface area contributed by atoms with Crippen molar-refractivity contribution in [3.05, 3.63) is 139 Å². The van der Waals surface area contributed by atoms with E-state index in [0.29, 0.717) is 5.92 Å². The molecular formula is C46H47FIrN2SSi-2. The molecule has 52 heavy (non-hydrogen) atoms. The fourth-order valence-electron chi connectivity index (χ4n) is 6.57. The molecule has 0 bridgehead atoms. The zero-order chi connectivity index (χ0) is 36.3. The Hall–Kier alpha value is -3.80. The van der Waals surface area contributed by atoms with E-state index in [9.17, 15) is 4.39 Å². The molecule has 1 radical (unpaired) electrons. The Morgan fingerprint density at radius 2 is 1.54 bits per heavy atom. The van der Waals surface area contributed by atoms with E-state index in [2.05, 4.69) is 131 Å². The number of halogens is 1. The molecule has 0 aliphatic rings. The van der Waals surface area contributed by atoms with E-state index in [1.807, 2.05) is 42.6 Å². The van der Waals surface area contributed by atoms with Crippen LogP contribution in [-0.2, 0) is 32.9 Å². The minimum Gasteiger partial charge on any atom is -0.305 e. The second kappa shape index (κ2) is 16.5. The van der Waals surface area contributed by atoms with Crippen molar-refractivity contribution in [2.45, 2.75) is 67.1 Å². The van der Waals surface area contributed by atoms with Gasteiger partial charge in [0.2, 0.25) is 0 Å². The quantitative estimate of drug-likeness (QED) is 0.118. The van der Waals surface area contributed by atoms with Gasteiger partial charge < -0.3 is 9.97 Å². The fraction of sp³-hybridized carbons (Fsp3) is 0.261. The average Bonchev–Trinajstić information content (AvgIpc) is 3.46. The maximum Gasteiger partial charge on any atom is 0.123 e. The van der Waals surface area contributed by atoms with Gasteiger partial charge in [0.1, 0.15) is 5.82 Å². The van der Waals surface area contributed by atoms with Crippen molar-refractivity contribution in [1.29, 1.82) is 0 Å². The summed E-state index contributed by atoms with van der Waals surface area (Å²) in [5.74, 6) is 0.452. The molecule has 269 valence electrons. The van der Waals surface area contributed by atoms with E-state index in [0.717, 1.165) is 46.5 Å². The summed E-state index contributed by atoms with van der Waals surface area (Å²) >= 11 is 1.77. The van der Waals surface area contributed by atoms with Crippen molar-refractivity contribution in [2.24, 2.45) is 11.3 Å². The summed E-state index contributed by atoms with van der Waals surface area (Å²) in [6.45, 7) is 18.5. The van der Waals surface area contributed by atoms with Crippen LogP contribution in [0.5, 0.6) is 0 Å². The van der Waals surface area contributed by atoms with Crippen molar-refractivity contribution in [3.8, 4) is 33.6 Å². The molecule has 7 rings (SSSR count). The van der Waals surface area contributed by atoms with Gasteiger partial charge in [-0.2, -0.15) is 11.3 Å². The summed E-state index contributed by atoms with van der Waals surface area (Å²) in [6.07, 6.45) is 6.15. The normalized spacial score (nSPS) is 11.7. The van der Waals surface area contributed by atoms with Crippen LogP contribution >= 0.6 is 11.3 Å². The Balaban J connectivity index is 0.000000217. The zero-order valence-corrected chi connectivity index (χ0v) is 35.6. The van der Waals surface area contributed by atoms with Gasteiger partial charge in [0.25, 0.3) is 0 Å². The first-order valence-electron chi connectivity index (χ1n) is 17.8. The molecule has 0 amide bonds. The Kier molecular flexibility index (Phi) is 12.5. The van der Waals surface area contributed by atoms with Crippen LogP contribution in [0, 0.1) is 29.3 Å². The maximum absolute atomic E-state index is 13.3. The minimum absolute atomic E-state index is 0. The number of rotatable bonds is 7. The van der Waals surface area contributed by atoms with Gasteiger partial charge >= 0.3 is 0 Å². The Bertz CT molecular complexity index is 2270. The summed E-state index contributed by atoms with van der Waals surface area (Å²) in [6, 6.07) is 38.6. The van der Waals surface area contributed by atoms with Crippen LogP contribution in [0.15, 0.2) is 109 Å². The third-order valence-electron chi connectivity index (χ3n) is 8.84. The number of hydrogen-bond donors (Lipinski definition) is 0. The summed E-state index contributed by atoms with van der Waals surface area (Å²) in [5, 5.41) is 3.94. The number of pyridine rings is 2. The first-order valence-corrected chi connectivity index (χ1v) is 22.1. The van der Waals surface area contributed by atoms with Crippen molar-refractivity contribution in [1.82, 2.24) is 9.97 Å². The van der Waals surface area contributed by atoms with Crippen molar-refractivity contribution >= 4 is 44.8 Å². The summed E-state index contributed by atoms with van der Waals surface area (Å²) in [5.41, 5.74) is 9.25. The van der Waals surface area contributed by atoms with E-state index < -0.39 is 8.07 Å². The molecule has 0 spiro atoms. The molecule has 2 nitrogen and oxygen atoms in total. The molecule has 7 aromatic rings. The van der Waals surface area contributed by atoms with Gasteiger partial charge in [-0.25, -0.2) is 4.39 Å². The first-order chi connectivity index (χ1) is 24.2. The Morgan fingerprint density at radius 1 is 0.788 bits per heavy atom. The van der Waals surface area contributed by atoms with Gasteiger partial charge in [-0.15, -0.1) is 59.7 Å². The summed E-state index contributed by atoms with van der Waals surface area (Å²) in [4.78, 5) is 9.36. The third kappa shape index (κ3) is 9.59. The second-order valence-electron chi connectivity index (χ2n) is 16.1. The first kappa shape index (κ1) is 39.4. The SMILES string of the molecule is CC(C)(C)Cc1ccnc(-c2[c-]ccc3c2sc2cc(-c4ccc(F)cc4)ccc23)c1.CC(C)Cc1cc(-c2[c-]cccc2)ncc1[Si](C)(C)C.[Ir]. The number of fused-ring (bicyclic) bond motifs is 3. The maximum atomic E-state index is 13.3. The molecule has 3 heterocycles. The van der Waals surface area contributed by atoms with Gasteiger partial charge in [0.15, 0.2) is 0 Å². The van der Waals surface area contributed by atoms with Crippen molar-refractivity contribution in [2.75, 3.05) is 0 Å². The molecule has 0 atom stereocenters. The van der Waals surface area contributed by atoms with Crippen LogP contribution < -0.4 is 5.19 Å². The molecule has 0 unspecified atom stereocenters.